The molecule has 1 N–H and O–H groups in total. The molecule has 1 saturated heterocycles. The molecule has 1 aliphatic rings. The van der Waals surface area contributed by atoms with Crippen molar-refractivity contribution in [1.29, 1.82) is 0 Å². The molecule has 0 radical (unpaired) electrons. The number of benzene rings is 2. The third-order valence-corrected chi connectivity index (χ3v) is 4.86. The van der Waals surface area contributed by atoms with Crippen molar-refractivity contribution in [3.63, 3.8) is 0 Å². The second-order valence-electron chi connectivity index (χ2n) is 6.98. The molecule has 0 aromatic heterocycles. The van der Waals surface area contributed by atoms with Gasteiger partial charge in [0.25, 0.3) is 0 Å². The number of ether oxygens (including phenoxy) is 2. The van der Waals surface area contributed by atoms with Crippen LogP contribution in [0.2, 0.25) is 0 Å². The van der Waals surface area contributed by atoms with Gasteiger partial charge in [-0.1, -0.05) is 12.1 Å². The van der Waals surface area contributed by atoms with Crippen molar-refractivity contribution in [1.82, 2.24) is 10.2 Å². The maximum atomic E-state index is 12.2. The number of nitrogens with one attached hydrogen (secondary N) is 1. The van der Waals surface area contributed by atoms with Gasteiger partial charge in [-0.05, 0) is 48.9 Å². The zero-order valence-corrected chi connectivity index (χ0v) is 16.7. The van der Waals surface area contributed by atoms with Crippen LogP contribution in [0, 0.1) is 6.92 Å². The largest absolute Gasteiger partial charge is 0.497 e. The van der Waals surface area contributed by atoms with Gasteiger partial charge < -0.3 is 19.7 Å². The number of rotatable bonds is 8. The summed E-state index contributed by atoms with van der Waals surface area (Å²) in [4.78, 5) is 16.7. The summed E-state index contributed by atoms with van der Waals surface area (Å²) in [6.07, 6.45) is 0. The molecule has 28 heavy (non-hydrogen) atoms. The van der Waals surface area contributed by atoms with Crippen LogP contribution in [0.4, 0.5) is 5.69 Å². The van der Waals surface area contributed by atoms with E-state index >= 15 is 0 Å². The number of anilines is 1. The van der Waals surface area contributed by atoms with Crippen LogP contribution in [0.25, 0.3) is 0 Å². The van der Waals surface area contributed by atoms with Gasteiger partial charge in [0.1, 0.15) is 18.1 Å². The first-order valence-corrected chi connectivity index (χ1v) is 9.71. The van der Waals surface area contributed by atoms with Gasteiger partial charge >= 0.3 is 0 Å². The van der Waals surface area contributed by atoms with Crippen LogP contribution < -0.4 is 19.7 Å². The summed E-state index contributed by atoms with van der Waals surface area (Å²) in [6, 6.07) is 16.0. The summed E-state index contributed by atoms with van der Waals surface area (Å²) in [5.41, 5.74) is 2.54. The number of carbonyl (C=O) groups excluding carboxylic acids is 1. The van der Waals surface area contributed by atoms with E-state index in [0.29, 0.717) is 19.7 Å². The van der Waals surface area contributed by atoms with Crippen molar-refractivity contribution < 1.29 is 14.3 Å². The molecule has 6 heteroatoms. The lowest BCUT2D eigenvalue weighted by atomic mass is 10.2. The molecule has 1 fully saturated rings. The molecule has 1 amide bonds. The third-order valence-electron chi connectivity index (χ3n) is 4.86. The summed E-state index contributed by atoms with van der Waals surface area (Å²) in [7, 11) is 1.63. The minimum atomic E-state index is 0.0438. The van der Waals surface area contributed by atoms with Crippen LogP contribution in [0.15, 0.2) is 48.5 Å². The molecule has 150 valence electrons. The van der Waals surface area contributed by atoms with E-state index in [-0.39, 0.29) is 5.91 Å². The quantitative estimate of drug-likeness (QED) is 0.709. The zero-order valence-electron chi connectivity index (χ0n) is 16.7. The number of aryl methyl sites for hydroxylation is 1. The molecule has 0 bridgehead atoms. The maximum Gasteiger partial charge on any atom is 0.234 e. The number of hydrogen-bond acceptors (Lipinski definition) is 5. The van der Waals surface area contributed by atoms with Crippen LogP contribution in [0.5, 0.6) is 11.5 Å². The van der Waals surface area contributed by atoms with Crippen molar-refractivity contribution >= 4 is 11.6 Å². The van der Waals surface area contributed by atoms with Crippen LogP contribution in [0.3, 0.4) is 0 Å². The van der Waals surface area contributed by atoms with Crippen molar-refractivity contribution in [3.05, 3.63) is 54.1 Å². The number of methoxy groups -OCH3 is 1. The van der Waals surface area contributed by atoms with Crippen molar-refractivity contribution in [2.45, 2.75) is 6.92 Å². The fourth-order valence-electron chi connectivity index (χ4n) is 3.28. The molecule has 0 unspecified atom stereocenters. The number of hydrogen-bond donors (Lipinski definition) is 1. The number of nitrogens with zero attached hydrogens (tertiary/aromatic N) is 2. The van der Waals surface area contributed by atoms with E-state index in [1.54, 1.807) is 7.11 Å². The molecule has 1 aliphatic heterocycles. The first-order valence-electron chi connectivity index (χ1n) is 9.71. The molecular weight excluding hydrogens is 354 g/mol. The topological polar surface area (TPSA) is 54.0 Å². The Morgan fingerprint density at radius 2 is 1.75 bits per heavy atom. The predicted molar refractivity (Wildman–Crippen MR) is 111 cm³/mol. The summed E-state index contributed by atoms with van der Waals surface area (Å²) in [5, 5.41) is 2.93. The van der Waals surface area contributed by atoms with Crippen molar-refractivity contribution in [3.8, 4) is 11.5 Å². The van der Waals surface area contributed by atoms with Gasteiger partial charge in [-0.25, -0.2) is 0 Å². The maximum absolute atomic E-state index is 12.2. The van der Waals surface area contributed by atoms with E-state index in [1.807, 2.05) is 24.3 Å². The normalized spacial score (nSPS) is 14.6. The minimum Gasteiger partial charge on any atom is -0.497 e. The van der Waals surface area contributed by atoms with Gasteiger partial charge in [-0.15, -0.1) is 0 Å². The minimum absolute atomic E-state index is 0.0438. The van der Waals surface area contributed by atoms with E-state index in [4.69, 9.17) is 9.47 Å². The highest BCUT2D eigenvalue weighted by molar-refractivity contribution is 5.78. The highest BCUT2D eigenvalue weighted by Gasteiger charge is 2.19. The van der Waals surface area contributed by atoms with E-state index < -0.39 is 0 Å². The lowest BCUT2D eigenvalue weighted by Crippen LogP contribution is -2.49. The Labute approximate surface area is 167 Å². The van der Waals surface area contributed by atoms with Gasteiger partial charge in [0.2, 0.25) is 5.91 Å². The van der Waals surface area contributed by atoms with Crippen molar-refractivity contribution in [2.24, 2.45) is 0 Å². The molecule has 0 aliphatic carbocycles. The molecule has 6 nitrogen and oxygen atoms in total. The van der Waals surface area contributed by atoms with Gasteiger partial charge in [0.05, 0.1) is 20.2 Å². The Morgan fingerprint density at radius 3 is 2.43 bits per heavy atom. The van der Waals surface area contributed by atoms with Crippen LogP contribution in [-0.2, 0) is 4.79 Å². The van der Waals surface area contributed by atoms with Gasteiger partial charge in [-0.2, -0.15) is 0 Å². The monoisotopic (exact) mass is 383 g/mol. The summed E-state index contributed by atoms with van der Waals surface area (Å²) >= 11 is 0. The first kappa shape index (κ1) is 20.0. The second kappa shape index (κ2) is 9.99. The average Bonchev–Trinajstić information content (AvgIpc) is 2.72. The molecule has 1 heterocycles. The molecule has 2 aromatic rings. The summed E-state index contributed by atoms with van der Waals surface area (Å²) in [5.74, 6) is 1.60. The molecule has 3 rings (SSSR count). The average molecular weight is 383 g/mol. The standard InChI is InChI=1S/C22H29N3O3/c1-18-4-3-5-19(16-18)25-13-11-24(12-14-25)17-22(26)23-10-15-28-21-8-6-20(27-2)7-9-21/h3-9,16H,10-15,17H2,1-2H3,(H,23,26). The lowest BCUT2D eigenvalue weighted by molar-refractivity contribution is -0.122. The van der Waals surface area contributed by atoms with E-state index in [9.17, 15) is 4.79 Å². The summed E-state index contributed by atoms with van der Waals surface area (Å²) in [6.45, 7) is 7.15. The predicted octanol–water partition coefficient (Wildman–Crippen LogP) is 2.32. The molecule has 0 spiro atoms. The lowest BCUT2D eigenvalue weighted by Gasteiger charge is -2.35. The van der Waals surface area contributed by atoms with E-state index in [1.165, 1.54) is 11.3 Å². The fraction of sp³-hybridized carbons (Fsp3) is 0.409. The molecule has 2 aromatic carbocycles. The molecular formula is C22H29N3O3. The second-order valence-corrected chi connectivity index (χ2v) is 6.98. The Kier molecular flexibility index (Phi) is 7.14. The smallest absolute Gasteiger partial charge is 0.234 e. The van der Waals surface area contributed by atoms with Crippen molar-refractivity contribution in [2.75, 3.05) is 57.9 Å². The SMILES string of the molecule is COc1ccc(OCCNC(=O)CN2CCN(c3cccc(C)c3)CC2)cc1. The number of piperazine rings is 1. The van der Waals surface area contributed by atoms with Gasteiger partial charge in [-0.3, -0.25) is 9.69 Å². The fourth-order valence-corrected chi connectivity index (χ4v) is 3.28. The van der Waals surface area contributed by atoms with Crippen LogP contribution in [-0.4, -0.2) is 63.8 Å². The first-order chi connectivity index (χ1) is 13.6. The highest BCUT2D eigenvalue weighted by Crippen LogP contribution is 2.18. The van der Waals surface area contributed by atoms with E-state index in [2.05, 4.69) is 46.3 Å². The van der Waals surface area contributed by atoms with E-state index in [0.717, 1.165) is 37.7 Å². The van der Waals surface area contributed by atoms with Gasteiger partial charge in [0, 0.05) is 31.9 Å². The number of carbonyl (C=O) groups is 1. The third kappa shape index (κ3) is 5.89. The molecule has 0 saturated carbocycles. The highest BCUT2D eigenvalue weighted by atomic mass is 16.5. The Morgan fingerprint density at radius 1 is 1.04 bits per heavy atom. The Bertz CT molecular complexity index is 756. The zero-order chi connectivity index (χ0) is 19.8. The van der Waals surface area contributed by atoms with Crippen LogP contribution in [0.1, 0.15) is 5.56 Å². The summed E-state index contributed by atoms with van der Waals surface area (Å²) < 4.78 is 10.7. The van der Waals surface area contributed by atoms with Crippen LogP contribution >= 0.6 is 0 Å². The van der Waals surface area contributed by atoms with Gasteiger partial charge in [0.15, 0.2) is 0 Å². The molecule has 0 atom stereocenters. The Hall–Kier alpha value is -2.73. The number of amides is 1. The Balaban J connectivity index is 1.32.